The fourth-order valence-electron chi connectivity index (χ4n) is 2.47. The summed E-state index contributed by atoms with van der Waals surface area (Å²) in [6.45, 7) is 1.77. The number of pyridine rings is 1. The number of aromatic nitrogens is 2. The third-order valence-corrected chi connectivity index (χ3v) is 3.34. The first kappa shape index (κ1) is 11.9. The first-order valence-corrected chi connectivity index (χ1v) is 6.49. The van der Waals surface area contributed by atoms with Gasteiger partial charge in [0.1, 0.15) is 0 Å². The molecule has 1 N–H and O–H groups in total. The second kappa shape index (κ2) is 5.24. The number of nitrogens with zero attached hydrogens (tertiary/aromatic N) is 2. The summed E-state index contributed by atoms with van der Waals surface area (Å²) in [7, 11) is 1.98. The Bertz CT molecular complexity index is 671. The molecule has 2 heterocycles. The summed E-state index contributed by atoms with van der Waals surface area (Å²) in [6.07, 6.45) is 5.92. The Hall–Kier alpha value is -2.13. The lowest BCUT2D eigenvalue weighted by Crippen LogP contribution is -2.04. The Morgan fingerprint density at radius 1 is 1.11 bits per heavy atom. The van der Waals surface area contributed by atoms with E-state index in [4.69, 9.17) is 0 Å². The zero-order valence-corrected chi connectivity index (χ0v) is 11.0. The number of fused-ring (bicyclic) bond motifs is 1. The number of para-hydroxylation sites is 1. The molecule has 0 saturated heterocycles. The van der Waals surface area contributed by atoms with Crippen LogP contribution in [-0.4, -0.2) is 16.6 Å². The lowest BCUT2D eigenvalue weighted by atomic mass is 10.2. The molecular weight excluding hydrogens is 234 g/mol. The average molecular weight is 251 g/mol. The topological polar surface area (TPSA) is 29.9 Å². The first-order chi connectivity index (χ1) is 9.38. The molecule has 3 rings (SSSR count). The van der Waals surface area contributed by atoms with Crippen molar-refractivity contribution < 1.29 is 0 Å². The number of hydrogen-bond acceptors (Lipinski definition) is 2. The van der Waals surface area contributed by atoms with E-state index in [9.17, 15) is 0 Å². The first-order valence-electron chi connectivity index (χ1n) is 6.49. The summed E-state index contributed by atoms with van der Waals surface area (Å²) in [4.78, 5) is 4.06. The van der Waals surface area contributed by atoms with Gasteiger partial charge in [-0.05, 0) is 36.4 Å². The fraction of sp³-hybridized carbons (Fsp3) is 0.188. The molecule has 0 radical (unpaired) electrons. The van der Waals surface area contributed by atoms with Crippen molar-refractivity contribution in [3.63, 3.8) is 0 Å². The molecule has 19 heavy (non-hydrogen) atoms. The van der Waals surface area contributed by atoms with Crippen LogP contribution < -0.4 is 5.32 Å². The number of nitrogens with one attached hydrogen (secondary N) is 1. The number of rotatable bonds is 4. The highest BCUT2D eigenvalue weighted by molar-refractivity contribution is 5.84. The molecule has 0 unspecified atom stereocenters. The SMILES string of the molecule is CNCc1cn(Cc2ccncc2)c2ccccc12. The summed E-state index contributed by atoms with van der Waals surface area (Å²) in [5, 5.41) is 4.55. The minimum absolute atomic E-state index is 0.882. The van der Waals surface area contributed by atoms with Gasteiger partial charge < -0.3 is 9.88 Å². The number of hydrogen-bond donors (Lipinski definition) is 1. The van der Waals surface area contributed by atoms with Crippen molar-refractivity contribution in [2.45, 2.75) is 13.1 Å². The maximum absolute atomic E-state index is 4.06. The zero-order chi connectivity index (χ0) is 13.1. The van der Waals surface area contributed by atoms with Crippen molar-refractivity contribution in [2.24, 2.45) is 0 Å². The van der Waals surface area contributed by atoms with Crippen molar-refractivity contribution in [3.8, 4) is 0 Å². The molecule has 0 atom stereocenters. The van der Waals surface area contributed by atoms with Gasteiger partial charge in [0.15, 0.2) is 0 Å². The lowest BCUT2D eigenvalue weighted by Gasteiger charge is -2.04. The monoisotopic (exact) mass is 251 g/mol. The summed E-state index contributed by atoms with van der Waals surface area (Å²) >= 11 is 0. The van der Waals surface area contributed by atoms with E-state index in [0.717, 1.165) is 13.1 Å². The van der Waals surface area contributed by atoms with Crippen LogP contribution in [0.25, 0.3) is 10.9 Å². The van der Waals surface area contributed by atoms with Crippen LogP contribution in [0.3, 0.4) is 0 Å². The van der Waals surface area contributed by atoms with E-state index in [-0.39, 0.29) is 0 Å². The van der Waals surface area contributed by atoms with E-state index in [1.807, 2.05) is 19.4 Å². The van der Waals surface area contributed by atoms with Gasteiger partial charge >= 0.3 is 0 Å². The Kier molecular flexibility index (Phi) is 3.29. The summed E-state index contributed by atoms with van der Waals surface area (Å²) in [6, 6.07) is 12.7. The van der Waals surface area contributed by atoms with E-state index in [2.05, 4.69) is 57.5 Å². The Morgan fingerprint density at radius 2 is 1.89 bits per heavy atom. The maximum Gasteiger partial charge on any atom is 0.0486 e. The van der Waals surface area contributed by atoms with Gasteiger partial charge in [-0.2, -0.15) is 0 Å². The molecule has 96 valence electrons. The molecule has 0 spiro atoms. The Balaban J connectivity index is 2.03. The van der Waals surface area contributed by atoms with Gasteiger partial charge in [-0.15, -0.1) is 0 Å². The van der Waals surface area contributed by atoms with Crippen molar-refractivity contribution in [2.75, 3.05) is 7.05 Å². The third-order valence-electron chi connectivity index (χ3n) is 3.34. The van der Waals surface area contributed by atoms with Crippen LogP contribution in [0.15, 0.2) is 55.0 Å². The van der Waals surface area contributed by atoms with Crippen molar-refractivity contribution >= 4 is 10.9 Å². The van der Waals surface area contributed by atoms with Gasteiger partial charge in [-0.25, -0.2) is 0 Å². The van der Waals surface area contributed by atoms with E-state index in [1.54, 1.807) is 0 Å². The van der Waals surface area contributed by atoms with Gasteiger partial charge in [0, 0.05) is 42.6 Å². The van der Waals surface area contributed by atoms with Gasteiger partial charge in [-0.3, -0.25) is 4.98 Å². The molecule has 0 saturated carbocycles. The minimum Gasteiger partial charge on any atom is -0.343 e. The lowest BCUT2D eigenvalue weighted by molar-refractivity contribution is 0.795. The largest absolute Gasteiger partial charge is 0.343 e. The second-order valence-electron chi connectivity index (χ2n) is 4.69. The molecule has 3 heteroatoms. The average Bonchev–Trinajstić information content (AvgIpc) is 2.79. The summed E-state index contributed by atoms with van der Waals surface area (Å²) in [5.74, 6) is 0. The molecule has 0 aliphatic heterocycles. The van der Waals surface area contributed by atoms with E-state index >= 15 is 0 Å². The van der Waals surface area contributed by atoms with Crippen LogP contribution in [0.5, 0.6) is 0 Å². The summed E-state index contributed by atoms with van der Waals surface area (Å²) < 4.78 is 2.30. The van der Waals surface area contributed by atoms with Crippen LogP contribution >= 0.6 is 0 Å². The molecule has 2 aromatic heterocycles. The molecule has 0 bridgehead atoms. The second-order valence-corrected chi connectivity index (χ2v) is 4.69. The predicted octanol–water partition coefficient (Wildman–Crippen LogP) is 2.80. The van der Waals surface area contributed by atoms with Crippen molar-refractivity contribution in [1.82, 2.24) is 14.9 Å². The molecule has 0 aliphatic rings. The Morgan fingerprint density at radius 3 is 2.68 bits per heavy atom. The van der Waals surface area contributed by atoms with E-state index < -0.39 is 0 Å². The summed E-state index contributed by atoms with van der Waals surface area (Å²) in [5.41, 5.74) is 3.89. The van der Waals surface area contributed by atoms with E-state index in [1.165, 1.54) is 22.0 Å². The predicted molar refractivity (Wildman–Crippen MR) is 78.0 cm³/mol. The maximum atomic E-state index is 4.06. The smallest absolute Gasteiger partial charge is 0.0486 e. The quantitative estimate of drug-likeness (QED) is 0.772. The van der Waals surface area contributed by atoms with Crippen molar-refractivity contribution in [3.05, 3.63) is 66.1 Å². The molecule has 3 aromatic rings. The van der Waals surface area contributed by atoms with Gasteiger partial charge in [0.2, 0.25) is 0 Å². The van der Waals surface area contributed by atoms with E-state index in [0.29, 0.717) is 0 Å². The standard InChI is InChI=1S/C16H17N3/c1-17-10-14-12-19(11-13-6-8-18-9-7-13)16-5-3-2-4-15(14)16/h2-9,12,17H,10-11H2,1H3. The van der Waals surface area contributed by atoms with Gasteiger partial charge in [-0.1, -0.05) is 18.2 Å². The Labute approximate surface area is 112 Å². The van der Waals surface area contributed by atoms with Crippen LogP contribution in [0, 0.1) is 0 Å². The highest BCUT2D eigenvalue weighted by Gasteiger charge is 2.07. The van der Waals surface area contributed by atoms with Crippen LogP contribution in [0.1, 0.15) is 11.1 Å². The van der Waals surface area contributed by atoms with Crippen LogP contribution in [0.2, 0.25) is 0 Å². The normalized spacial score (nSPS) is 11.0. The highest BCUT2D eigenvalue weighted by Crippen LogP contribution is 2.22. The highest BCUT2D eigenvalue weighted by atomic mass is 15.0. The molecule has 1 aromatic carbocycles. The van der Waals surface area contributed by atoms with Crippen molar-refractivity contribution in [1.29, 1.82) is 0 Å². The third kappa shape index (κ3) is 2.37. The number of benzene rings is 1. The van der Waals surface area contributed by atoms with Crippen LogP contribution in [0.4, 0.5) is 0 Å². The van der Waals surface area contributed by atoms with Gasteiger partial charge in [0.05, 0.1) is 0 Å². The van der Waals surface area contributed by atoms with Gasteiger partial charge in [0.25, 0.3) is 0 Å². The van der Waals surface area contributed by atoms with Crippen LogP contribution in [-0.2, 0) is 13.1 Å². The molecule has 0 amide bonds. The minimum atomic E-state index is 0.882. The molecular formula is C16H17N3. The molecule has 3 nitrogen and oxygen atoms in total. The molecule has 0 aliphatic carbocycles. The molecule has 0 fully saturated rings. The zero-order valence-electron chi connectivity index (χ0n) is 11.0. The fourth-order valence-corrected chi connectivity index (χ4v) is 2.47.